The van der Waals surface area contributed by atoms with Gasteiger partial charge < -0.3 is 23.8 Å². The summed E-state index contributed by atoms with van der Waals surface area (Å²) in [5.74, 6) is 1.54. The van der Waals surface area contributed by atoms with E-state index in [1.54, 1.807) is 21.3 Å². The van der Waals surface area contributed by atoms with Gasteiger partial charge in [0.2, 0.25) is 5.75 Å². The van der Waals surface area contributed by atoms with Crippen LogP contribution in [-0.2, 0) is 9.53 Å². The van der Waals surface area contributed by atoms with E-state index < -0.39 is 0 Å². The third-order valence-corrected chi connectivity index (χ3v) is 5.83. The fourth-order valence-electron chi connectivity index (χ4n) is 4.03. The molecule has 0 spiro atoms. The largest absolute Gasteiger partial charge is 0.493 e. The molecule has 0 unspecified atom stereocenters. The number of hydrogen-bond acceptors (Lipinski definition) is 5. The molecule has 0 aromatic heterocycles. The van der Waals surface area contributed by atoms with Crippen molar-refractivity contribution >= 4 is 17.6 Å². The molecule has 34 heavy (non-hydrogen) atoms. The zero-order valence-corrected chi connectivity index (χ0v) is 19.7. The molecule has 1 fully saturated rings. The van der Waals surface area contributed by atoms with Crippen molar-refractivity contribution in [2.45, 2.75) is 0 Å². The molecule has 0 radical (unpaired) electrons. The van der Waals surface area contributed by atoms with Crippen LogP contribution in [0.4, 0.5) is 0 Å². The number of hydrogen-bond donors (Lipinski definition) is 0. The molecule has 0 atom stereocenters. The smallest absolute Gasteiger partial charge is 0.254 e. The summed E-state index contributed by atoms with van der Waals surface area (Å²) in [5.41, 5.74) is 4.43. The number of carbonyl (C=O) groups excluding carboxylic acids is 1. The molecule has 1 aliphatic rings. The van der Waals surface area contributed by atoms with Crippen LogP contribution >= 0.6 is 0 Å². The monoisotopic (exact) mass is 459 g/mol. The Morgan fingerprint density at radius 1 is 0.824 bits per heavy atom. The summed E-state index contributed by atoms with van der Waals surface area (Å²) >= 11 is 0. The Hall–Kier alpha value is -3.77. The molecule has 4 rings (SSSR count). The number of ether oxygens (including phenoxy) is 4. The minimum absolute atomic E-state index is 0.0375. The zero-order chi connectivity index (χ0) is 23.9. The van der Waals surface area contributed by atoms with E-state index in [4.69, 9.17) is 18.9 Å². The first-order valence-electron chi connectivity index (χ1n) is 11.2. The van der Waals surface area contributed by atoms with Gasteiger partial charge in [-0.15, -0.1) is 0 Å². The molecule has 1 saturated heterocycles. The maximum Gasteiger partial charge on any atom is 0.254 e. The van der Waals surface area contributed by atoms with Crippen LogP contribution in [0.3, 0.4) is 0 Å². The Morgan fingerprint density at radius 2 is 1.41 bits per heavy atom. The summed E-state index contributed by atoms with van der Waals surface area (Å²) in [6, 6.07) is 21.9. The second-order valence-electron chi connectivity index (χ2n) is 7.86. The van der Waals surface area contributed by atoms with Gasteiger partial charge in [-0.25, -0.2) is 0 Å². The van der Waals surface area contributed by atoms with Crippen molar-refractivity contribution in [2.75, 3.05) is 47.6 Å². The molecule has 176 valence electrons. The lowest BCUT2D eigenvalue weighted by molar-refractivity contribution is -0.128. The van der Waals surface area contributed by atoms with Crippen molar-refractivity contribution in [1.82, 2.24) is 4.90 Å². The van der Waals surface area contributed by atoms with E-state index in [1.165, 1.54) is 0 Å². The van der Waals surface area contributed by atoms with Gasteiger partial charge in [0.25, 0.3) is 5.91 Å². The quantitative estimate of drug-likeness (QED) is 0.376. The number of methoxy groups -OCH3 is 3. The predicted octanol–water partition coefficient (Wildman–Crippen LogP) is 4.78. The van der Waals surface area contributed by atoms with Crippen LogP contribution in [0.25, 0.3) is 22.8 Å². The van der Waals surface area contributed by atoms with Crippen molar-refractivity contribution in [3.63, 3.8) is 0 Å². The molecule has 0 aliphatic carbocycles. The van der Waals surface area contributed by atoms with Crippen LogP contribution in [-0.4, -0.2) is 58.4 Å². The molecule has 0 bridgehead atoms. The van der Waals surface area contributed by atoms with Crippen molar-refractivity contribution < 1.29 is 23.7 Å². The number of morpholine rings is 1. The first-order valence-corrected chi connectivity index (χ1v) is 11.2. The first kappa shape index (κ1) is 23.4. The molecule has 3 aromatic rings. The second kappa shape index (κ2) is 10.9. The van der Waals surface area contributed by atoms with Gasteiger partial charge in [0.05, 0.1) is 34.5 Å². The molecule has 0 saturated carbocycles. The molecule has 1 amide bonds. The molecule has 1 heterocycles. The van der Waals surface area contributed by atoms with Crippen molar-refractivity contribution in [2.24, 2.45) is 0 Å². The van der Waals surface area contributed by atoms with E-state index in [0.717, 1.165) is 22.3 Å². The van der Waals surface area contributed by atoms with Crippen LogP contribution in [0.1, 0.15) is 11.1 Å². The SMILES string of the molecule is COc1cc(C=C(C(=O)N2CCOCC2)c2ccc(-c3ccccc3)cc2)cc(OC)c1OC. The van der Waals surface area contributed by atoms with E-state index in [2.05, 4.69) is 12.1 Å². The summed E-state index contributed by atoms with van der Waals surface area (Å²) in [4.78, 5) is 15.4. The summed E-state index contributed by atoms with van der Waals surface area (Å²) in [5, 5.41) is 0. The van der Waals surface area contributed by atoms with Crippen LogP contribution in [0.15, 0.2) is 66.7 Å². The van der Waals surface area contributed by atoms with Crippen LogP contribution in [0, 0.1) is 0 Å². The third kappa shape index (κ3) is 5.07. The van der Waals surface area contributed by atoms with Gasteiger partial charge in [-0.1, -0.05) is 54.6 Å². The van der Waals surface area contributed by atoms with E-state index in [1.807, 2.05) is 65.6 Å². The fourth-order valence-corrected chi connectivity index (χ4v) is 4.03. The predicted molar refractivity (Wildman–Crippen MR) is 133 cm³/mol. The highest BCUT2D eigenvalue weighted by molar-refractivity contribution is 6.24. The zero-order valence-electron chi connectivity index (χ0n) is 19.7. The molecule has 6 heteroatoms. The molecule has 1 aliphatic heterocycles. The van der Waals surface area contributed by atoms with Gasteiger partial charge >= 0.3 is 0 Å². The summed E-state index contributed by atoms with van der Waals surface area (Å²) < 4.78 is 21.9. The summed E-state index contributed by atoms with van der Waals surface area (Å²) in [7, 11) is 4.72. The number of amides is 1. The molecular weight excluding hydrogens is 430 g/mol. The van der Waals surface area contributed by atoms with Crippen molar-refractivity contribution in [3.8, 4) is 28.4 Å². The van der Waals surface area contributed by atoms with Gasteiger partial charge in [0, 0.05) is 18.7 Å². The molecule has 0 N–H and O–H groups in total. The molecule has 6 nitrogen and oxygen atoms in total. The maximum absolute atomic E-state index is 13.6. The Balaban J connectivity index is 1.77. The average molecular weight is 460 g/mol. The van der Waals surface area contributed by atoms with E-state index >= 15 is 0 Å². The van der Waals surface area contributed by atoms with E-state index in [0.29, 0.717) is 49.1 Å². The maximum atomic E-state index is 13.6. The van der Waals surface area contributed by atoms with Crippen LogP contribution < -0.4 is 14.2 Å². The Labute approximate surface area is 200 Å². The highest BCUT2D eigenvalue weighted by Crippen LogP contribution is 2.39. The lowest BCUT2D eigenvalue weighted by Gasteiger charge is -2.28. The van der Waals surface area contributed by atoms with E-state index in [9.17, 15) is 4.79 Å². The van der Waals surface area contributed by atoms with Crippen LogP contribution in [0.2, 0.25) is 0 Å². The minimum atomic E-state index is -0.0375. The summed E-state index contributed by atoms with van der Waals surface area (Å²) in [6.45, 7) is 2.20. The second-order valence-corrected chi connectivity index (χ2v) is 7.86. The van der Waals surface area contributed by atoms with Gasteiger partial charge in [-0.3, -0.25) is 4.79 Å². The Kier molecular flexibility index (Phi) is 7.50. The number of benzene rings is 3. The number of nitrogens with zero attached hydrogens (tertiary/aromatic N) is 1. The number of rotatable bonds is 7. The normalized spacial score (nSPS) is 14.0. The lowest BCUT2D eigenvalue weighted by Crippen LogP contribution is -2.41. The average Bonchev–Trinajstić information content (AvgIpc) is 2.91. The highest BCUT2D eigenvalue weighted by Gasteiger charge is 2.23. The third-order valence-electron chi connectivity index (χ3n) is 5.83. The van der Waals surface area contributed by atoms with Crippen molar-refractivity contribution in [3.05, 3.63) is 77.9 Å². The van der Waals surface area contributed by atoms with E-state index in [-0.39, 0.29) is 5.91 Å². The first-order chi connectivity index (χ1) is 16.6. The highest BCUT2D eigenvalue weighted by atomic mass is 16.5. The lowest BCUT2D eigenvalue weighted by atomic mass is 9.97. The number of carbonyl (C=O) groups is 1. The molecular formula is C28H29NO5. The standard InChI is InChI=1S/C28H29NO5/c1-31-25-18-20(19-26(32-2)27(25)33-3)17-24(28(30)29-13-15-34-16-14-29)23-11-9-22(10-12-23)21-7-5-4-6-8-21/h4-12,17-19H,13-16H2,1-3H3. The van der Waals surface area contributed by atoms with Gasteiger partial charge in [0.15, 0.2) is 11.5 Å². The van der Waals surface area contributed by atoms with Gasteiger partial charge in [-0.05, 0) is 40.5 Å². The van der Waals surface area contributed by atoms with Crippen molar-refractivity contribution in [1.29, 1.82) is 0 Å². The topological polar surface area (TPSA) is 57.2 Å². The fraction of sp³-hybridized carbons (Fsp3) is 0.250. The minimum Gasteiger partial charge on any atom is -0.493 e. The summed E-state index contributed by atoms with van der Waals surface area (Å²) in [6.07, 6.45) is 1.87. The van der Waals surface area contributed by atoms with Gasteiger partial charge in [-0.2, -0.15) is 0 Å². The Bertz CT molecular complexity index is 1120. The van der Waals surface area contributed by atoms with Gasteiger partial charge in [0.1, 0.15) is 0 Å². The van der Waals surface area contributed by atoms with Crippen LogP contribution in [0.5, 0.6) is 17.2 Å². The Morgan fingerprint density at radius 3 is 1.97 bits per heavy atom. The molecule has 3 aromatic carbocycles.